The van der Waals surface area contributed by atoms with Crippen molar-refractivity contribution in [3.8, 4) is 0 Å². The van der Waals surface area contributed by atoms with E-state index in [1.54, 1.807) is 11.8 Å². The van der Waals surface area contributed by atoms with E-state index in [0.717, 1.165) is 21.3 Å². The van der Waals surface area contributed by atoms with Crippen LogP contribution in [0.15, 0.2) is 28.7 Å². The molecule has 1 aromatic heterocycles. The van der Waals surface area contributed by atoms with Crippen LogP contribution in [0.25, 0.3) is 0 Å². The summed E-state index contributed by atoms with van der Waals surface area (Å²) in [5, 5.41) is 5.03. The van der Waals surface area contributed by atoms with Crippen LogP contribution in [0.1, 0.15) is 16.8 Å². The third kappa shape index (κ3) is 3.51. The first-order valence-corrected chi connectivity index (χ1v) is 7.39. The highest BCUT2D eigenvalue weighted by Crippen LogP contribution is 2.24. The number of halogens is 3. The molecule has 0 saturated carbocycles. The number of methoxy groups -OCH3 is 1. The summed E-state index contributed by atoms with van der Waals surface area (Å²) >= 11 is 15.7. The number of benzene rings is 1. The van der Waals surface area contributed by atoms with Crippen molar-refractivity contribution in [2.75, 3.05) is 7.11 Å². The Kier molecular flexibility index (Phi) is 5.28. The lowest BCUT2D eigenvalue weighted by Crippen LogP contribution is -2.02. The molecule has 2 rings (SSSR count). The average Bonchev–Trinajstić information content (AvgIpc) is 2.66. The number of hydrogen-bond donors (Lipinski definition) is 0. The molecule has 0 unspecified atom stereocenters. The summed E-state index contributed by atoms with van der Waals surface area (Å²) in [6.45, 7) is 1.01. The van der Waals surface area contributed by atoms with Crippen LogP contribution in [0.5, 0.6) is 0 Å². The Bertz CT molecular complexity index is 572. The van der Waals surface area contributed by atoms with Crippen LogP contribution < -0.4 is 0 Å². The first-order valence-electron chi connectivity index (χ1n) is 5.69. The molecule has 102 valence electrons. The third-order valence-corrected chi connectivity index (χ3v) is 3.89. The van der Waals surface area contributed by atoms with Crippen LogP contribution in [-0.2, 0) is 23.8 Å². The van der Waals surface area contributed by atoms with Gasteiger partial charge in [-0.3, -0.25) is 0 Å². The smallest absolute Gasteiger partial charge is 0.132 e. The van der Waals surface area contributed by atoms with Gasteiger partial charge in [-0.25, -0.2) is 4.68 Å². The van der Waals surface area contributed by atoms with E-state index in [0.29, 0.717) is 24.2 Å². The van der Waals surface area contributed by atoms with Crippen LogP contribution in [0, 0.1) is 0 Å². The lowest BCUT2D eigenvalue weighted by Gasteiger charge is -2.04. The first-order chi connectivity index (χ1) is 9.15. The molecule has 0 atom stereocenters. The maximum absolute atomic E-state index is 6.30. The summed E-state index contributed by atoms with van der Waals surface area (Å²) in [6.07, 6.45) is 0. The van der Waals surface area contributed by atoms with Gasteiger partial charge in [-0.15, -0.1) is 11.6 Å². The highest BCUT2D eigenvalue weighted by molar-refractivity contribution is 9.10. The lowest BCUT2D eigenvalue weighted by atomic mass is 10.2. The highest BCUT2D eigenvalue weighted by atomic mass is 79.9. The van der Waals surface area contributed by atoms with E-state index in [2.05, 4.69) is 21.0 Å². The first kappa shape index (κ1) is 14.9. The molecule has 0 aliphatic heterocycles. The Morgan fingerprint density at radius 1 is 1.42 bits per heavy atom. The molecule has 0 aliphatic carbocycles. The summed E-state index contributed by atoms with van der Waals surface area (Å²) in [4.78, 5) is 0. The molecule has 1 aromatic carbocycles. The molecule has 3 nitrogen and oxygen atoms in total. The van der Waals surface area contributed by atoms with Gasteiger partial charge in [0.05, 0.1) is 24.7 Å². The zero-order valence-electron chi connectivity index (χ0n) is 10.4. The van der Waals surface area contributed by atoms with Crippen molar-refractivity contribution in [1.29, 1.82) is 0 Å². The van der Waals surface area contributed by atoms with E-state index in [-0.39, 0.29) is 0 Å². The van der Waals surface area contributed by atoms with E-state index in [4.69, 9.17) is 27.9 Å². The Balaban J connectivity index is 2.30. The minimum absolute atomic E-state index is 0.329. The van der Waals surface area contributed by atoms with Crippen LogP contribution in [0.3, 0.4) is 0 Å². The quantitative estimate of drug-likeness (QED) is 0.743. The number of alkyl halides is 1. The normalized spacial score (nSPS) is 10.9. The highest BCUT2D eigenvalue weighted by Gasteiger charge is 2.15. The summed E-state index contributed by atoms with van der Waals surface area (Å²) in [5.41, 5.74) is 2.74. The number of ether oxygens (including phenoxy) is 1. The van der Waals surface area contributed by atoms with Crippen molar-refractivity contribution in [2.45, 2.75) is 19.0 Å². The zero-order chi connectivity index (χ0) is 13.8. The predicted molar refractivity (Wildman–Crippen MR) is 80.8 cm³/mol. The fraction of sp³-hybridized carbons (Fsp3) is 0.308. The molecule has 0 saturated heterocycles. The maximum atomic E-state index is 6.30. The number of nitrogens with zero attached hydrogens (tertiary/aromatic N) is 2. The summed E-state index contributed by atoms with van der Waals surface area (Å²) < 4.78 is 7.88. The minimum atomic E-state index is 0.329. The Morgan fingerprint density at radius 2 is 2.21 bits per heavy atom. The van der Waals surface area contributed by atoms with Gasteiger partial charge in [0, 0.05) is 17.1 Å². The molecule has 19 heavy (non-hydrogen) atoms. The second kappa shape index (κ2) is 6.75. The molecule has 0 spiro atoms. The van der Waals surface area contributed by atoms with Gasteiger partial charge in [-0.1, -0.05) is 39.7 Å². The monoisotopic (exact) mass is 362 g/mol. The van der Waals surface area contributed by atoms with Crippen LogP contribution >= 0.6 is 39.1 Å². The standard InChI is InChI=1S/C13H13BrCl2N2O/c1-19-8-12-11(6-15)13(16)18(17-12)7-9-3-2-4-10(14)5-9/h2-5H,6-8H2,1H3. The van der Waals surface area contributed by atoms with Crippen molar-refractivity contribution < 1.29 is 4.74 Å². The van der Waals surface area contributed by atoms with Gasteiger partial charge < -0.3 is 4.74 Å². The molecule has 0 fully saturated rings. The van der Waals surface area contributed by atoms with Gasteiger partial charge in [0.2, 0.25) is 0 Å². The van der Waals surface area contributed by atoms with Crippen molar-refractivity contribution in [2.24, 2.45) is 0 Å². The molecule has 0 amide bonds. The number of rotatable bonds is 5. The molecule has 2 aromatic rings. The van der Waals surface area contributed by atoms with E-state index in [9.17, 15) is 0 Å². The average molecular weight is 364 g/mol. The molecule has 0 N–H and O–H groups in total. The maximum Gasteiger partial charge on any atom is 0.132 e. The topological polar surface area (TPSA) is 27.1 Å². The molecular weight excluding hydrogens is 351 g/mol. The fourth-order valence-electron chi connectivity index (χ4n) is 1.82. The predicted octanol–water partition coefficient (Wildman–Crippen LogP) is 4.23. The Hall–Kier alpha value is -0.550. The lowest BCUT2D eigenvalue weighted by molar-refractivity contribution is 0.180. The van der Waals surface area contributed by atoms with Gasteiger partial charge in [-0.2, -0.15) is 5.10 Å². The largest absolute Gasteiger partial charge is 0.378 e. The van der Waals surface area contributed by atoms with Gasteiger partial charge in [-0.05, 0) is 17.7 Å². The number of hydrogen-bond acceptors (Lipinski definition) is 2. The third-order valence-electron chi connectivity index (χ3n) is 2.70. The SMILES string of the molecule is COCc1nn(Cc2cccc(Br)c2)c(Cl)c1CCl. The van der Waals surface area contributed by atoms with Crippen molar-refractivity contribution in [3.05, 3.63) is 50.7 Å². The molecule has 0 aliphatic rings. The van der Waals surface area contributed by atoms with Gasteiger partial charge in [0.25, 0.3) is 0 Å². The van der Waals surface area contributed by atoms with Gasteiger partial charge in [0.1, 0.15) is 5.15 Å². The Morgan fingerprint density at radius 3 is 2.84 bits per heavy atom. The second-order valence-electron chi connectivity index (χ2n) is 4.07. The van der Waals surface area contributed by atoms with E-state index >= 15 is 0 Å². The fourth-order valence-corrected chi connectivity index (χ4v) is 2.89. The molecular formula is C13H13BrCl2N2O. The van der Waals surface area contributed by atoms with E-state index < -0.39 is 0 Å². The zero-order valence-corrected chi connectivity index (χ0v) is 13.5. The summed E-state index contributed by atoms with van der Waals surface area (Å²) in [6, 6.07) is 8.03. The van der Waals surface area contributed by atoms with Crippen molar-refractivity contribution >= 4 is 39.1 Å². The number of aromatic nitrogens is 2. The molecule has 0 radical (unpaired) electrons. The van der Waals surface area contributed by atoms with E-state index in [1.165, 1.54) is 0 Å². The van der Waals surface area contributed by atoms with Gasteiger partial charge >= 0.3 is 0 Å². The summed E-state index contributed by atoms with van der Waals surface area (Å²) in [5.74, 6) is 0.329. The van der Waals surface area contributed by atoms with Gasteiger partial charge in [0.15, 0.2) is 0 Å². The minimum Gasteiger partial charge on any atom is -0.378 e. The van der Waals surface area contributed by atoms with Crippen LogP contribution in [0.4, 0.5) is 0 Å². The molecule has 0 bridgehead atoms. The Labute approximate surface area is 130 Å². The van der Waals surface area contributed by atoms with Crippen LogP contribution in [0.2, 0.25) is 5.15 Å². The van der Waals surface area contributed by atoms with Crippen molar-refractivity contribution in [3.63, 3.8) is 0 Å². The van der Waals surface area contributed by atoms with E-state index in [1.807, 2.05) is 24.3 Å². The summed E-state index contributed by atoms with van der Waals surface area (Å²) in [7, 11) is 1.62. The second-order valence-corrected chi connectivity index (χ2v) is 5.61. The molecule has 1 heterocycles. The molecule has 6 heteroatoms. The van der Waals surface area contributed by atoms with Crippen molar-refractivity contribution in [1.82, 2.24) is 9.78 Å². The van der Waals surface area contributed by atoms with Crippen LogP contribution in [-0.4, -0.2) is 16.9 Å².